The van der Waals surface area contributed by atoms with Crippen molar-refractivity contribution in [1.82, 2.24) is 4.90 Å². The van der Waals surface area contributed by atoms with Gasteiger partial charge in [-0.3, -0.25) is 4.90 Å². The third-order valence-electron chi connectivity index (χ3n) is 3.82. The molecule has 2 amide bonds. The number of urea groups is 1. The van der Waals surface area contributed by atoms with Gasteiger partial charge in [0.2, 0.25) is 0 Å². The fourth-order valence-electron chi connectivity index (χ4n) is 2.45. The van der Waals surface area contributed by atoms with Crippen LogP contribution in [0.1, 0.15) is 25.3 Å². The Balaban J connectivity index is 2.28. The number of unbranched alkanes of at least 4 members (excludes halogenated alkanes) is 1. The number of para-hydroxylation sites is 2. The first-order valence-electron chi connectivity index (χ1n) is 8.04. The van der Waals surface area contributed by atoms with E-state index < -0.39 is 0 Å². The van der Waals surface area contributed by atoms with Crippen LogP contribution in [-0.2, 0) is 6.54 Å². The molecule has 0 aromatic heterocycles. The molecule has 0 aliphatic carbocycles. The first-order valence-corrected chi connectivity index (χ1v) is 8.04. The maximum Gasteiger partial charge on any atom is 0.324 e. The number of amides is 2. The minimum Gasteiger partial charge on any atom is -0.397 e. The predicted molar refractivity (Wildman–Crippen MR) is 96.4 cm³/mol. The number of carbonyl (C=O) groups excluding carboxylic acids is 1. The summed E-state index contributed by atoms with van der Waals surface area (Å²) in [4.78, 5) is 16.4. The fourth-order valence-corrected chi connectivity index (χ4v) is 2.45. The average molecular weight is 311 g/mol. The molecule has 4 heteroatoms. The molecule has 0 aliphatic heterocycles. The van der Waals surface area contributed by atoms with Gasteiger partial charge in [0.25, 0.3) is 0 Å². The normalized spacial score (nSPS) is 10.3. The zero-order chi connectivity index (χ0) is 16.7. The zero-order valence-corrected chi connectivity index (χ0v) is 13.9. The Labute approximate surface area is 138 Å². The molecule has 4 nitrogen and oxygen atoms in total. The van der Waals surface area contributed by atoms with E-state index in [1.165, 1.54) is 0 Å². The van der Waals surface area contributed by atoms with Gasteiger partial charge in [0.15, 0.2) is 0 Å². The van der Waals surface area contributed by atoms with Crippen molar-refractivity contribution in [2.24, 2.45) is 0 Å². The van der Waals surface area contributed by atoms with Crippen LogP contribution in [-0.4, -0.2) is 24.5 Å². The minimum atomic E-state index is -0.0276. The molecule has 23 heavy (non-hydrogen) atoms. The molecule has 0 aliphatic rings. The number of hydrogen-bond donors (Lipinski definition) is 1. The Morgan fingerprint density at radius 3 is 2.35 bits per heavy atom. The van der Waals surface area contributed by atoms with Crippen LogP contribution in [0.3, 0.4) is 0 Å². The first kappa shape index (κ1) is 16.9. The van der Waals surface area contributed by atoms with Crippen molar-refractivity contribution in [3.63, 3.8) is 0 Å². The van der Waals surface area contributed by atoms with Crippen LogP contribution in [0.4, 0.5) is 16.2 Å². The van der Waals surface area contributed by atoms with E-state index in [9.17, 15) is 4.79 Å². The highest BCUT2D eigenvalue weighted by atomic mass is 16.2. The van der Waals surface area contributed by atoms with Crippen molar-refractivity contribution in [3.05, 3.63) is 60.2 Å². The molecule has 0 bridgehead atoms. The quantitative estimate of drug-likeness (QED) is 0.816. The number of anilines is 2. The smallest absolute Gasteiger partial charge is 0.324 e. The highest BCUT2D eigenvalue weighted by Crippen LogP contribution is 2.25. The van der Waals surface area contributed by atoms with E-state index in [1.54, 1.807) is 9.80 Å². The summed E-state index contributed by atoms with van der Waals surface area (Å²) in [5.41, 5.74) is 8.54. The molecule has 0 atom stereocenters. The van der Waals surface area contributed by atoms with Gasteiger partial charge in [-0.2, -0.15) is 0 Å². The number of rotatable bonds is 6. The average Bonchev–Trinajstić information content (AvgIpc) is 2.58. The molecule has 2 rings (SSSR count). The van der Waals surface area contributed by atoms with E-state index in [1.807, 2.05) is 61.6 Å². The maximum atomic E-state index is 12.9. The summed E-state index contributed by atoms with van der Waals surface area (Å²) in [5.74, 6) is 0. The second kappa shape index (κ2) is 8.22. The molecular formula is C19H25N3O. The summed E-state index contributed by atoms with van der Waals surface area (Å²) in [6.45, 7) is 3.37. The number of nitrogen functional groups attached to an aromatic ring is 1. The monoisotopic (exact) mass is 311 g/mol. The summed E-state index contributed by atoms with van der Waals surface area (Å²) in [6, 6.07) is 17.4. The Morgan fingerprint density at radius 2 is 1.70 bits per heavy atom. The van der Waals surface area contributed by atoms with Crippen LogP contribution in [0.2, 0.25) is 0 Å². The topological polar surface area (TPSA) is 49.6 Å². The molecule has 0 radical (unpaired) electrons. The van der Waals surface area contributed by atoms with Crippen molar-refractivity contribution in [2.75, 3.05) is 24.2 Å². The van der Waals surface area contributed by atoms with Crippen LogP contribution < -0.4 is 10.6 Å². The second-order valence-corrected chi connectivity index (χ2v) is 5.69. The maximum absolute atomic E-state index is 12.9. The molecule has 2 N–H and O–H groups in total. The SMILES string of the molecule is CCCCN(C)C(=O)N(Cc1ccccc1)c1ccccc1N. The zero-order valence-electron chi connectivity index (χ0n) is 13.9. The number of nitrogens with zero attached hydrogens (tertiary/aromatic N) is 2. The van der Waals surface area contributed by atoms with Crippen LogP contribution in [0, 0.1) is 0 Å². The molecule has 0 spiro atoms. The molecule has 0 saturated heterocycles. The van der Waals surface area contributed by atoms with Gasteiger partial charge in [-0.05, 0) is 24.1 Å². The Hall–Kier alpha value is -2.49. The van der Waals surface area contributed by atoms with Gasteiger partial charge in [0.1, 0.15) is 0 Å². The summed E-state index contributed by atoms with van der Waals surface area (Å²) >= 11 is 0. The van der Waals surface area contributed by atoms with Gasteiger partial charge in [0, 0.05) is 13.6 Å². The van der Waals surface area contributed by atoms with Gasteiger partial charge in [0.05, 0.1) is 17.9 Å². The Morgan fingerprint density at radius 1 is 1.04 bits per heavy atom. The number of benzene rings is 2. The standard InChI is InChI=1S/C19H25N3O/c1-3-4-14-21(2)19(23)22(15-16-10-6-5-7-11-16)18-13-9-8-12-17(18)20/h5-13H,3-4,14-15,20H2,1-2H3. The molecule has 0 heterocycles. The Bertz CT molecular complexity index is 628. The van der Waals surface area contributed by atoms with Gasteiger partial charge in [-0.25, -0.2) is 4.79 Å². The third-order valence-corrected chi connectivity index (χ3v) is 3.82. The van der Waals surface area contributed by atoms with E-state index in [0.717, 1.165) is 30.6 Å². The highest BCUT2D eigenvalue weighted by molar-refractivity contribution is 5.94. The van der Waals surface area contributed by atoms with Crippen molar-refractivity contribution in [1.29, 1.82) is 0 Å². The van der Waals surface area contributed by atoms with Crippen molar-refractivity contribution in [3.8, 4) is 0 Å². The van der Waals surface area contributed by atoms with E-state index >= 15 is 0 Å². The van der Waals surface area contributed by atoms with Gasteiger partial charge < -0.3 is 10.6 Å². The van der Waals surface area contributed by atoms with Gasteiger partial charge >= 0.3 is 6.03 Å². The van der Waals surface area contributed by atoms with Crippen LogP contribution >= 0.6 is 0 Å². The summed E-state index contributed by atoms with van der Waals surface area (Å²) in [6.07, 6.45) is 2.05. The first-order chi connectivity index (χ1) is 11.1. The van der Waals surface area contributed by atoms with Gasteiger partial charge in [-0.1, -0.05) is 55.8 Å². The molecule has 0 unspecified atom stereocenters. The number of nitrogens with two attached hydrogens (primary N) is 1. The molecule has 2 aromatic carbocycles. The summed E-state index contributed by atoms with van der Waals surface area (Å²) in [7, 11) is 1.84. The van der Waals surface area contributed by atoms with Crippen molar-refractivity contribution < 1.29 is 4.79 Å². The Kier molecular flexibility index (Phi) is 6.03. The van der Waals surface area contributed by atoms with Crippen LogP contribution in [0.25, 0.3) is 0 Å². The highest BCUT2D eigenvalue weighted by Gasteiger charge is 2.21. The number of hydrogen-bond acceptors (Lipinski definition) is 2. The van der Waals surface area contributed by atoms with E-state index in [-0.39, 0.29) is 6.03 Å². The molecular weight excluding hydrogens is 286 g/mol. The lowest BCUT2D eigenvalue weighted by molar-refractivity contribution is 0.214. The molecule has 0 saturated carbocycles. The lowest BCUT2D eigenvalue weighted by Gasteiger charge is -2.29. The minimum absolute atomic E-state index is 0.0276. The van der Waals surface area contributed by atoms with Crippen LogP contribution in [0.5, 0.6) is 0 Å². The van der Waals surface area contributed by atoms with E-state index in [0.29, 0.717) is 12.2 Å². The van der Waals surface area contributed by atoms with Crippen molar-refractivity contribution in [2.45, 2.75) is 26.3 Å². The lowest BCUT2D eigenvalue weighted by atomic mass is 10.2. The van der Waals surface area contributed by atoms with Crippen molar-refractivity contribution >= 4 is 17.4 Å². The van der Waals surface area contributed by atoms with E-state index in [4.69, 9.17) is 5.73 Å². The fraction of sp³-hybridized carbons (Fsp3) is 0.316. The molecule has 2 aromatic rings. The number of carbonyl (C=O) groups is 1. The predicted octanol–water partition coefficient (Wildman–Crippen LogP) is 4.13. The second-order valence-electron chi connectivity index (χ2n) is 5.69. The summed E-state index contributed by atoms with van der Waals surface area (Å²) in [5, 5.41) is 0. The summed E-state index contributed by atoms with van der Waals surface area (Å²) < 4.78 is 0. The third kappa shape index (κ3) is 4.49. The lowest BCUT2D eigenvalue weighted by Crippen LogP contribution is -2.41. The van der Waals surface area contributed by atoms with Gasteiger partial charge in [-0.15, -0.1) is 0 Å². The largest absolute Gasteiger partial charge is 0.397 e. The van der Waals surface area contributed by atoms with E-state index in [2.05, 4.69) is 6.92 Å². The molecule has 122 valence electrons. The van der Waals surface area contributed by atoms with Crippen LogP contribution in [0.15, 0.2) is 54.6 Å². The molecule has 0 fully saturated rings.